The molecule has 1 aliphatic rings. The van der Waals surface area contributed by atoms with E-state index < -0.39 is 17.6 Å². The molecule has 1 aliphatic heterocycles. The van der Waals surface area contributed by atoms with Gasteiger partial charge in [0.15, 0.2) is 0 Å². The van der Waals surface area contributed by atoms with Crippen molar-refractivity contribution in [1.82, 2.24) is 0 Å². The quantitative estimate of drug-likeness (QED) is 0.770. The largest absolute Gasteiger partial charge is 0.481 e. The summed E-state index contributed by atoms with van der Waals surface area (Å²) >= 11 is 1.67. The first-order valence-electron chi connectivity index (χ1n) is 4.50. The van der Waals surface area contributed by atoms with Crippen molar-refractivity contribution in [2.75, 3.05) is 11.5 Å². The molecule has 2 nitrogen and oxygen atoms in total. The number of hydrogen-bond donors (Lipinski definition) is 1. The van der Waals surface area contributed by atoms with Crippen molar-refractivity contribution in [2.24, 2.45) is 5.41 Å². The summed E-state index contributed by atoms with van der Waals surface area (Å²) in [4.78, 5) is 10.6. The Morgan fingerprint density at radius 2 is 2.46 bits per heavy atom. The predicted molar refractivity (Wildman–Crippen MR) is 51.8 cm³/mol. The summed E-state index contributed by atoms with van der Waals surface area (Å²) in [6.45, 7) is 1.48. The standard InChI is InChI=1S/C9H15FO2S/c1-7(10)9(5-8(11)12)3-2-4-13-6-9/h7H,2-6H2,1H3,(H,11,12). The zero-order chi connectivity index (χ0) is 9.90. The second kappa shape index (κ2) is 4.31. The third-order valence-corrected chi connectivity index (χ3v) is 4.06. The van der Waals surface area contributed by atoms with Crippen LogP contribution in [0.15, 0.2) is 0 Å². The Bertz CT molecular complexity index is 188. The maximum absolute atomic E-state index is 13.3. The molecule has 0 radical (unpaired) electrons. The number of alkyl halides is 1. The van der Waals surface area contributed by atoms with Crippen molar-refractivity contribution in [3.05, 3.63) is 0 Å². The first-order valence-corrected chi connectivity index (χ1v) is 5.66. The fourth-order valence-corrected chi connectivity index (χ4v) is 3.14. The third-order valence-electron chi connectivity index (χ3n) is 2.70. The molecule has 0 aromatic heterocycles. The summed E-state index contributed by atoms with van der Waals surface area (Å²) in [5, 5.41) is 8.70. The minimum atomic E-state index is -1.02. The average Bonchev–Trinajstić information content (AvgIpc) is 2.04. The van der Waals surface area contributed by atoms with E-state index in [1.165, 1.54) is 6.92 Å². The lowest BCUT2D eigenvalue weighted by Gasteiger charge is -2.36. The smallest absolute Gasteiger partial charge is 0.304 e. The Labute approximate surface area is 81.9 Å². The molecule has 0 aromatic rings. The van der Waals surface area contributed by atoms with Crippen molar-refractivity contribution in [3.63, 3.8) is 0 Å². The molecule has 1 fully saturated rings. The van der Waals surface area contributed by atoms with Gasteiger partial charge in [0.25, 0.3) is 0 Å². The molecular weight excluding hydrogens is 191 g/mol. The molecule has 0 aliphatic carbocycles. The van der Waals surface area contributed by atoms with Gasteiger partial charge in [-0.05, 0) is 25.5 Å². The Hall–Kier alpha value is -0.250. The van der Waals surface area contributed by atoms with E-state index in [1.807, 2.05) is 0 Å². The monoisotopic (exact) mass is 206 g/mol. The number of hydrogen-bond acceptors (Lipinski definition) is 2. The number of carboxylic acids is 1. The third kappa shape index (κ3) is 2.59. The maximum Gasteiger partial charge on any atom is 0.304 e. The second-order valence-electron chi connectivity index (χ2n) is 3.71. The summed E-state index contributed by atoms with van der Waals surface area (Å²) in [5.41, 5.74) is -0.602. The van der Waals surface area contributed by atoms with E-state index in [4.69, 9.17) is 5.11 Å². The molecule has 0 amide bonds. The van der Waals surface area contributed by atoms with E-state index in [0.717, 1.165) is 12.2 Å². The minimum Gasteiger partial charge on any atom is -0.481 e. The Morgan fingerprint density at radius 1 is 1.77 bits per heavy atom. The maximum atomic E-state index is 13.3. The molecule has 0 saturated carbocycles. The van der Waals surface area contributed by atoms with Crippen LogP contribution in [0.1, 0.15) is 26.2 Å². The van der Waals surface area contributed by atoms with E-state index >= 15 is 0 Å². The Morgan fingerprint density at radius 3 is 2.85 bits per heavy atom. The van der Waals surface area contributed by atoms with Gasteiger partial charge < -0.3 is 5.11 Å². The van der Waals surface area contributed by atoms with Gasteiger partial charge in [-0.3, -0.25) is 4.79 Å². The lowest BCUT2D eigenvalue weighted by molar-refractivity contribution is -0.140. The number of carboxylic acid groups (broad SMARTS) is 1. The molecule has 0 spiro atoms. The average molecular weight is 206 g/mol. The van der Waals surface area contributed by atoms with Crippen LogP contribution in [-0.4, -0.2) is 28.8 Å². The van der Waals surface area contributed by atoms with E-state index in [9.17, 15) is 9.18 Å². The zero-order valence-electron chi connectivity index (χ0n) is 7.75. The van der Waals surface area contributed by atoms with Crippen LogP contribution in [0.3, 0.4) is 0 Å². The second-order valence-corrected chi connectivity index (χ2v) is 4.81. The van der Waals surface area contributed by atoms with Gasteiger partial charge in [-0.15, -0.1) is 0 Å². The van der Waals surface area contributed by atoms with Gasteiger partial charge in [-0.2, -0.15) is 11.8 Å². The van der Waals surface area contributed by atoms with Gasteiger partial charge in [-0.1, -0.05) is 0 Å². The zero-order valence-corrected chi connectivity index (χ0v) is 8.57. The molecule has 13 heavy (non-hydrogen) atoms. The van der Waals surface area contributed by atoms with Gasteiger partial charge in [0, 0.05) is 11.2 Å². The highest BCUT2D eigenvalue weighted by Crippen LogP contribution is 2.41. The van der Waals surface area contributed by atoms with Crippen molar-refractivity contribution in [3.8, 4) is 0 Å². The van der Waals surface area contributed by atoms with Crippen LogP contribution in [0, 0.1) is 5.41 Å². The molecule has 4 heteroatoms. The lowest BCUT2D eigenvalue weighted by Crippen LogP contribution is -2.37. The summed E-state index contributed by atoms with van der Waals surface area (Å²) in [5.74, 6) is 0.803. The first-order chi connectivity index (χ1) is 6.07. The van der Waals surface area contributed by atoms with Crippen LogP contribution in [0.5, 0.6) is 0 Å². The van der Waals surface area contributed by atoms with Crippen LogP contribution >= 0.6 is 11.8 Å². The highest BCUT2D eigenvalue weighted by Gasteiger charge is 2.40. The molecule has 0 aromatic carbocycles. The molecule has 76 valence electrons. The molecule has 2 unspecified atom stereocenters. The van der Waals surface area contributed by atoms with Crippen LogP contribution < -0.4 is 0 Å². The summed E-state index contributed by atoms with van der Waals surface area (Å²) in [7, 11) is 0. The molecule has 1 rings (SSSR count). The van der Waals surface area contributed by atoms with Crippen LogP contribution in [0.2, 0.25) is 0 Å². The van der Waals surface area contributed by atoms with E-state index in [0.29, 0.717) is 12.2 Å². The molecule has 1 N–H and O–H groups in total. The minimum absolute atomic E-state index is 0.0301. The van der Waals surface area contributed by atoms with Gasteiger partial charge in [0.1, 0.15) is 6.17 Å². The fraction of sp³-hybridized carbons (Fsp3) is 0.889. The highest BCUT2D eigenvalue weighted by molar-refractivity contribution is 7.99. The molecule has 2 atom stereocenters. The molecule has 1 heterocycles. The molecule has 1 saturated heterocycles. The van der Waals surface area contributed by atoms with Crippen LogP contribution in [-0.2, 0) is 4.79 Å². The SMILES string of the molecule is CC(F)C1(CC(=O)O)CCCSC1. The summed E-state index contributed by atoms with van der Waals surface area (Å²) in [6, 6.07) is 0. The summed E-state index contributed by atoms with van der Waals surface area (Å²) < 4.78 is 13.3. The Balaban J connectivity index is 2.67. The topological polar surface area (TPSA) is 37.3 Å². The van der Waals surface area contributed by atoms with Gasteiger partial charge in [0.2, 0.25) is 0 Å². The molecule has 0 bridgehead atoms. The Kier molecular flexibility index (Phi) is 3.59. The lowest BCUT2D eigenvalue weighted by atomic mass is 9.78. The number of halogens is 1. The van der Waals surface area contributed by atoms with Gasteiger partial charge >= 0.3 is 5.97 Å². The van der Waals surface area contributed by atoms with Gasteiger partial charge in [0.05, 0.1) is 6.42 Å². The van der Waals surface area contributed by atoms with E-state index in [2.05, 4.69) is 0 Å². The van der Waals surface area contributed by atoms with Crippen molar-refractivity contribution in [2.45, 2.75) is 32.4 Å². The van der Waals surface area contributed by atoms with Crippen LogP contribution in [0.25, 0.3) is 0 Å². The highest BCUT2D eigenvalue weighted by atomic mass is 32.2. The van der Waals surface area contributed by atoms with Crippen molar-refractivity contribution >= 4 is 17.7 Å². The normalized spacial score (nSPS) is 31.2. The number of thioether (sulfide) groups is 1. The van der Waals surface area contributed by atoms with E-state index in [1.54, 1.807) is 11.8 Å². The van der Waals surface area contributed by atoms with Crippen molar-refractivity contribution in [1.29, 1.82) is 0 Å². The number of aliphatic carboxylic acids is 1. The van der Waals surface area contributed by atoms with E-state index in [-0.39, 0.29) is 6.42 Å². The number of rotatable bonds is 3. The molecular formula is C9H15FO2S. The van der Waals surface area contributed by atoms with Crippen LogP contribution in [0.4, 0.5) is 4.39 Å². The fourth-order valence-electron chi connectivity index (χ4n) is 1.77. The first kappa shape index (κ1) is 10.8. The predicted octanol–water partition coefficient (Wildman–Crippen LogP) is 2.33. The van der Waals surface area contributed by atoms with Gasteiger partial charge in [-0.25, -0.2) is 4.39 Å². The van der Waals surface area contributed by atoms with Crippen molar-refractivity contribution < 1.29 is 14.3 Å². The number of carbonyl (C=O) groups is 1. The summed E-state index contributed by atoms with van der Waals surface area (Å²) in [6.07, 6.45) is 0.602.